The largest absolute Gasteiger partial charge is 0.460 e. The molecule has 1 rings (SSSR count). The summed E-state index contributed by atoms with van der Waals surface area (Å²) in [5.41, 5.74) is 0.591. The minimum absolute atomic E-state index is 0.127. The lowest BCUT2D eigenvalue weighted by atomic mass is 10.2. The number of benzene rings is 1. The van der Waals surface area contributed by atoms with Crippen LogP contribution < -0.4 is 0 Å². The zero-order valence-corrected chi connectivity index (χ0v) is 12.7. The first-order chi connectivity index (χ1) is 9.26. The number of esters is 1. The van der Waals surface area contributed by atoms with E-state index in [2.05, 4.69) is 0 Å². The van der Waals surface area contributed by atoms with E-state index < -0.39 is 11.6 Å². The van der Waals surface area contributed by atoms with Crippen LogP contribution in [0.4, 0.5) is 0 Å². The predicted octanol–water partition coefficient (Wildman–Crippen LogP) is 2.42. The van der Waals surface area contributed by atoms with Gasteiger partial charge < -0.3 is 4.74 Å². The topological polar surface area (TPSA) is 46.6 Å². The van der Waals surface area contributed by atoms with Gasteiger partial charge in [0.2, 0.25) is 0 Å². The van der Waals surface area contributed by atoms with E-state index in [1.807, 2.05) is 42.3 Å². The number of hydrogen-bond donors (Lipinski definition) is 0. The van der Waals surface area contributed by atoms with Gasteiger partial charge in [-0.25, -0.2) is 0 Å². The average Bonchev–Trinajstić information content (AvgIpc) is 2.26. The van der Waals surface area contributed by atoms with Gasteiger partial charge in [0.05, 0.1) is 6.54 Å². The summed E-state index contributed by atoms with van der Waals surface area (Å²) in [4.78, 5) is 25.2. The fourth-order valence-electron chi connectivity index (χ4n) is 1.85. The number of ketones is 1. The molecule has 4 nitrogen and oxygen atoms in total. The van der Waals surface area contributed by atoms with Gasteiger partial charge in [0.25, 0.3) is 0 Å². The van der Waals surface area contributed by atoms with E-state index in [4.69, 9.17) is 4.74 Å². The van der Waals surface area contributed by atoms with Gasteiger partial charge in [0.1, 0.15) is 12.0 Å². The fraction of sp³-hybridized carbons (Fsp3) is 0.500. The van der Waals surface area contributed by atoms with Gasteiger partial charge in [-0.15, -0.1) is 0 Å². The van der Waals surface area contributed by atoms with Gasteiger partial charge in [-0.1, -0.05) is 30.3 Å². The van der Waals surface area contributed by atoms with Crippen LogP contribution in [0.3, 0.4) is 0 Å². The highest BCUT2D eigenvalue weighted by Gasteiger charge is 2.19. The Hall–Kier alpha value is -1.68. The Morgan fingerprint density at radius 3 is 2.30 bits per heavy atom. The van der Waals surface area contributed by atoms with E-state index in [-0.39, 0.29) is 18.7 Å². The molecule has 0 saturated heterocycles. The van der Waals surface area contributed by atoms with Crippen molar-refractivity contribution in [3.05, 3.63) is 35.9 Å². The summed E-state index contributed by atoms with van der Waals surface area (Å²) in [5, 5.41) is 0. The molecular formula is C16H23NO3. The Kier molecular flexibility index (Phi) is 5.89. The van der Waals surface area contributed by atoms with Crippen molar-refractivity contribution in [2.75, 3.05) is 13.6 Å². The van der Waals surface area contributed by atoms with E-state index in [1.165, 1.54) is 0 Å². The number of rotatable bonds is 6. The van der Waals surface area contributed by atoms with Gasteiger partial charge in [-0.2, -0.15) is 0 Å². The van der Waals surface area contributed by atoms with Crippen LogP contribution in [0, 0.1) is 0 Å². The molecule has 0 saturated carbocycles. The van der Waals surface area contributed by atoms with Gasteiger partial charge >= 0.3 is 5.97 Å². The molecule has 0 bridgehead atoms. The lowest BCUT2D eigenvalue weighted by Crippen LogP contribution is -2.30. The standard InChI is InChI=1S/C16H23NO3/c1-16(2,3)20-15(19)10-14(18)12-17(4)11-13-8-6-5-7-9-13/h5-9H,10-12H2,1-4H3. The highest BCUT2D eigenvalue weighted by Crippen LogP contribution is 2.09. The summed E-state index contributed by atoms with van der Waals surface area (Å²) in [7, 11) is 1.86. The molecule has 0 aliphatic carbocycles. The third kappa shape index (κ3) is 7.04. The van der Waals surface area contributed by atoms with Gasteiger partial charge in [-0.05, 0) is 33.4 Å². The highest BCUT2D eigenvalue weighted by molar-refractivity contribution is 5.96. The zero-order valence-electron chi connectivity index (χ0n) is 12.7. The number of carbonyl (C=O) groups is 2. The first-order valence-electron chi connectivity index (χ1n) is 6.72. The van der Waals surface area contributed by atoms with Crippen molar-refractivity contribution in [1.82, 2.24) is 4.90 Å². The van der Waals surface area contributed by atoms with Crippen LogP contribution in [0.25, 0.3) is 0 Å². The molecular weight excluding hydrogens is 254 g/mol. The van der Waals surface area contributed by atoms with E-state index in [1.54, 1.807) is 20.8 Å². The molecule has 1 aromatic carbocycles. The monoisotopic (exact) mass is 277 g/mol. The van der Waals surface area contributed by atoms with Crippen LogP contribution in [-0.2, 0) is 20.9 Å². The molecule has 1 aromatic rings. The number of hydrogen-bond acceptors (Lipinski definition) is 4. The van der Waals surface area contributed by atoms with Crippen molar-refractivity contribution >= 4 is 11.8 Å². The van der Waals surface area contributed by atoms with Gasteiger partial charge in [0.15, 0.2) is 5.78 Å². The molecule has 0 unspecified atom stereocenters. The minimum Gasteiger partial charge on any atom is -0.460 e. The van der Waals surface area contributed by atoms with Crippen LogP contribution >= 0.6 is 0 Å². The highest BCUT2D eigenvalue weighted by atomic mass is 16.6. The molecule has 4 heteroatoms. The van der Waals surface area contributed by atoms with E-state index in [9.17, 15) is 9.59 Å². The second-order valence-corrected chi connectivity index (χ2v) is 5.96. The maximum Gasteiger partial charge on any atom is 0.313 e. The Bertz CT molecular complexity index is 449. The Morgan fingerprint density at radius 2 is 1.75 bits per heavy atom. The van der Waals surface area contributed by atoms with Crippen LogP contribution in [0.2, 0.25) is 0 Å². The molecule has 0 atom stereocenters. The molecule has 20 heavy (non-hydrogen) atoms. The minimum atomic E-state index is -0.548. The van der Waals surface area contributed by atoms with Crippen molar-refractivity contribution in [1.29, 1.82) is 0 Å². The molecule has 0 aliphatic heterocycles. The third-order valence-electron chi connectivity index (χ3n) is 2.50. The maximum atomic E-state index is 11.8. The first kappa shape index (κ1) is 16.4. The van der Waals surface area contributed by atoms with Crippen LogP contribution in [0.15, 0.2) is 30.3 Å². The number of likely N-dealkylation sites (N-methyl/N-ethyl adjacent to an activating group) is 1. The third-order valence-corrected chi connectivity index (χ3v) is 2.50. The SMILES string of the molecule is CN(CC(=O)CC(=O)OC(C)(C)C)Cc1ccccc1. The quantitative estimate of drug-likeness (QED) is 0.592. The molecule has 0 spiro atoms. The molecule has 0 amide bonds. The molecule has 0 heterocycles. The summed E-state index contributed by atoms with van der Waals surface area (Å²) >= 11 is 0. The Morgan fingerprint density at radius 1 is 1.15 bits per heavy atom. The summed E-state index contributed by atoms with van der Waals surface area (Å²) in [6.07, 6.45) is -0.170. The molecule has 0 aliphatic rings. The summed E-state index contributed by atoms with van der Waals surface area (Å²) in [5.74, 6) is -0.590. The van der Waals surface area contributed by atoms with Gasteiger partial charge in [0, 0.05) is 6.54 Å². The lowest BCUT2D eigenvalue weighted by Gasteiger charge is -2.20. The van der Waals surface area contributed by atoms with Crippen molar-refractivity contribution < 1.29 is 14.3 Å². The average molecular weight is 277 g/mol. The van der Waals surface area contributed by atoms with Crippen LogP contribution in [0.1, 0.15) is 32.8 Å². The van der Waals surface area contributed by atoms with Crippen molar-refractivity contribution in [3.63, 3.8) is 0 Å². The Balaban J connectivity index is 2.37. The molecule has 110 valence electrons. The van der Waals surface area contributed by atoms with Crippen molar-refractivity contribution in [2.45, 2.75) is 39.3 Å². The Labute approximate surface area is 120 Å². The predicted molar refractivity (Wildman–Crippen MR) is 78.2 cm³/mol. The number of Topliss-reactive ketones (excluding diaryl/α,β-unsaturated/α-hetero) is 1. The van der Waals surface area contributed by atoms with Crippen molar-refractivity contribution in [2.24, 2.45) is 0 Å². The van der Waals surface area contributed by atoms with Gasteiger partial charge in [-0.3, -0.25) is 14.5 Å². The van der Waals surface area contributed by atoms with E-state index >= 15 is 0 Å². The summed E-state index contributed by atoms with van der Waals surface area (Å²) in [6, 6.07) is 9.90. The van der Waals surface area contributed by atoms with Crippen LogP contribution in [-0.4, -0.2) is 35.8 Å². The van der Waals surface area contributed by atoms with Crippen LogP contribution in [0.5, 0.6) is 0 Å². The first-order valence-corrected chi connectivity index (χ1v) is 6.72. The second kappa shape index (κ2) is 7.20. The molecule has 0 aromatic heterocycles. The van der Waals surface area contributed by atoms with Crippen molar-refractivity contribution in [3.8, 4) is 0 Å². The summed E-state index contributed by atoms with van der Waals surface area (Å²) in [6.45, 7) is 6.29. The number of nitrogens with zero attached hydrogens (tertiary/aromatic N) is 1. The van der Waals surface area contributed by atoms with E-state index in [0.717, 1.165) is 5.56 Å². The molecule has 0 radical (unpaired) electrons. The normalized spacial score (nSPS) is 11.4. The molecule has 0 N–H and O–H groups in total. The fourth-order valence-corrected chi connectivity index (χ4v) is 1.85. The number of ether oxygens (including phenoxy) is 1. The maximum absolute atomic E-state index is 11.8. The zero-order chi connectivity index (χ0) is 15.2. The smallest absolute Gasteiger partial charge is 0.313 e. The number of carbonyl (C=O) groups excluding carboxylic acids is 2. The summed E-state index contributed by atoms with van der Waals surface area (Å²) < 4.78 is 5.13. The van der Waals surface area contributed by atoms with E-state index in [0.29, 0.717) is 6.54 Å². The second-order valence-electron chi connectivity index (χ2n) is 5.96. The molecule has 0 fully saturated rings. The lowest BCUT2D eigenvalue weighted by molar-refractivity contribution is -0.156.